The van der Waals surface area contributed by atoms with E-state index in [1.807, 2.05) is 30.3 Å². The van der Waals surface area contributed by atoms with Gasteiger partial charge in [-0.2, -0.15) is 0 Å². The van der Waals surface area contributed by atoms with Gasteiger partial charge in [-0.15, -0.1) is 0 Å². The summed E-state index contributed by atoms with van der Waals surface area (Å²) in [5.74, 6) is 1.91. The highest BCUT2D eigenvalue weighted by atomic mass is 16.3. The summed E-state index contributed by atoms with van der Waals surface area (Å²) in [5.41, 5.74) is 11.9. The number of hydrogen-bond acceptors (Lipinski definition) is 4. The zero-order chi connectivity index (χ0) is 34.0. The van der Waals surface area contributed by atoms with Crippen molar-refractivity contribution >= 4 is 21.9 Å². The first kappa shape index (κ1) is 30.2. The highest BCUT2D eigenvalue weighted by molar-refractivity contribution is 6.11. The molecule has 2 aromatic heterocycles. The fraction of sp³-hybridized carbons (Fsp3) is 0.152. The Labute approximate surface area is 292 Å². The molecule has 1 aliphatic carbocycles. The van der Waals surface area contributed by atoms with Crippen LogP contribution in [0.2, 0.25) is 0 Å². The van der Waals surface area contributed by atoms with Gasteiger partial charge in [0.1, 0.15) is 11.2 Å². The molecule has 0 fully saturated rings. The minimum atomic E-state index is 0.0442. The molecule has 9 rings (SSSR count). The monoisotopic (exact) mass is 647 g/mol. The summed E-state index contributed by atoms with van der Waals surface area (Å²) < 4.78 is 6.30. The van der Waals surface area contributed by atoms with Crippen LogP contribution >= 0.6 is 0 Å². The SMILES string of the molecule is CC1(C)CC(C)(C)c2cc(-c3nc(-c4ccc(-c5ccccc5)cc4-c4ccccc4)nc(-c4cccc5oc6ccccc6c45)n3)ccc21. The van der Waals surface area contributed by atoms with Gasteiger partial charge >= 0.3 is 0 Å². The lowest BCUT2D eigenvalue weighted by Gasteiger charge is -2.22. The van der Waals surface area contributed by atoms with E-state index in [-0.39, 0.29) is 10.8 Å². The van der Waals surface area contributed by atoms with Gasteiger partial charge in [0.25, 0.3) is 0 Å². The minimum Gasteiger partial charge on any atom is -0.456 e. The minimum absolute atomic E-state index is 0.0442. The number of furan rings is 1. The highest BCUT2D eigenvalue weighted by Gasteiger charge is 2.42. The molecule has 4 heteroatoms. The van der Waals surface area contributed by atoms with Crippen molar-refractivity contribution in [3.63, 3.8) is 0 Å². The van der Waals surface area contributed by atoms with Gasteiger partial charge in [0.2, 0.25) is 0 Å². The van der Waals surface area contributed by atoms with E-state index < -0.39 is 0 Å². The Morgan fingerprint density at radius 2 is 1.06 bits per heavy atom. The van der Waals surface area contributed by atoms with Gasteiger partial charge in [-0.3, -0.25) is 0 Å². The summed E-state index contributed by atoms with van der Waals surface area (Å²) in [7, 11) is 0. The van der Waals surface area contributed by atoms with Crippen molar-refractivity contribution in [1.82, 2.24) is 15.0 Å². The van der Waals surface area contributed by atoms with Crippen LogP contribution < -0.4 is 0 Å². The van der Waals surface area contributed by atoms with Crippen molar-refractivity contribution in [3.8, 4) is 56.4 Å². The van der Waals surface area contributed by atoms with Gasteiger partial charge in [-0.1, -0.05) is 137 Å². The van der Waals surface area contributed by atoms with Crippen LogP contribution in [0.1, 0.15) is 45.2 Å². The third-order valence-corrected chi connectivity index (χ3v) is 10.4. The van der Waals surface area contributed by atoms with Crippen LogP contribution in [0.4, 0.5) is 0 Å². The van der Waals surface area contributed by atoms with Crippen molar-refractivity contribution in [1.29, 1.82) is 0 Å². The number of rotatable bonds is 5. The van der Waals surface area contributed by atoms with E-state index in [9.17, 15) is 0 Å². The first-order valence-electron chi connectivity index (χ1n) is 17.3. The summed E-state index contributed by atoms with van der Waals surface area (Å²) in [6.45, 7) is 9.39. The molecule has 0 saturated carbocycles. The summed E-state index contributed by atoms with van der Waals surface area (Å²) in [4.78, 5) is 15.8. The number of benzene rings is 6. The second-order valence-corrected chi connectivity index (χ2v) is 14.8. The average Bonchev–Trinajstić information content (AvgIpc) is 3.62. The molecule has 0 saturated heterocycles. The topological polar surface area (TPSA) is 51.8 Å². The van der Waals surface area contributed by atoms with Gasteiger partial charge in [0.05, 0.1) is 0 Å². The molecule has 0 radical (unpaired) electrons. The molecule has 0 unspecified atom stereocenters. The third kappa shape index (κ3) is 5.02. The van der Waals surface area contributed by atoms with Crippen LogP contribution in [-0.4, -0.2) is 15.0 Å². The van der Waals surface area contributed by atoms with Crippen molar-refractivity contribution in [2.75, 3.05) is 0 Å². The van der Waals surface area contributed by atoms with Gasteiger partial charge in [0, 0.05) is 27.5 Å². The quantitative estimate of drug-likeness (QED) is 0.186. The Balaban J connectivity index is 1.31. The maximum Gasteiger partial charge on any atom is 0.164 e. The predicted octanol–water partition coefficient (Wildman–Crippen LogP) is 12.1. The number of hydrogen-bond donors (Lipinski definition) is 0. The maximum absolute atomic E-state index is 6.30. The number of para-hydroxylation sites is 1. The summed E-state index contributed by atoms with van der Waals surface area (Å²) in [6.07, 6.45) is 1.09. The summed E-state index contributed by atoms with van der Waals surface area (Å²) in [5, 5.41) is 2.05. The predicted molar refractivity (Wildman–Crippen MR) is 205 cm³/mol. The van der Waals surface area contributed by atoms with Crippen molar-refractivity contribution in [2.45, 2.75) is 44.9 Å². The first-order valence-corrected chi connectivity index (χ1v) is 17.3. The smallest absolute Gasteiger partial charge is 0.164 e. The zero-order valence-corrected chi connectivity index (χ0v) is 28.7. The normalized spacial score (nSPS) is 14.6. The van der Waals surface area contributed by atoms with Crippen LogP contribution in [0.3, 0.4) is 0 Å². The van der Waals surface area contributed by atoms with Crippen LogP contribution in [0.5, 0.6) is 0 Å². The molecule has 242 valence electrons. The second kappa shape index (κ2) is 11.3. The molecule has 50 heavy (non-hydrogen) atoms. The lowest BCUT2D eigenvalue weighted by Crippen LogP contribution is -2.17. The van der Waals surface area contributed by atoms with E-state index in [1.165, 1.54) is 11.1 Å². The van der Waals surface area contributed by atoms with E-state index in [2.05, 4.69) is 137 Å². The molecule has 2 heterocycles. The Kier molecular flexibility index (Phi) is 6.86. The Morgan fingerprint density at radius 1 is 0.440 bits per heavy atom. The van der Waals surface area contributed by atoms with E-state index in [0.29, 0.717) is 17.5 Å². The first-order chi connectivity index (χ1) is 24.2. The maximum atomic E-state index is 6.30. The molecule has 0 N–H and O–H groups in total. The Bertz CT molecular complexity index is 2560. The molecule has 0 atom stereocenters. The average molecular weight is 648 g/mol. The molecule has 4 nitrogen and oxygen atoms in total. The molecular formula is C46H37N3O. The van der Waals surface area contributed by atoms with Gasteiger partial charge < -0.3 is 4.42 Å². The summed E-state index contributed by atoms with van der Waals surface area (Å²) in [6, 6.07) is 48.7. The molecule has 0 bridgehead atoms. The van der Waals surface area contributed by atoms with Crippen LogP contribution in [-0.2, 0) is 10.8 Å². The lowest BCUT2D eigenvalue weighted by atomic mass is 9.82. The van der Waals surface area contributed by atoms with E-state index in [4.69, 9.17) is 19.4 Å². The van der Waals surface area contributed by atoms with Crippen LogP contribution in [0, 0.1) is 0 Å². The largest absolute Gasteiger partial charge is 0.456 e. The fourth-order valence-corrected chi connectivity index (χ4v) is 8.24. The van der Waals surface area contributed by atoms with Gasteiger partial charge in [0.15, 0.2) is 17.5 Å². The molecular weight excluding hydrogens is 611 g/mol. The molecule has 0 amide bonds. The van der Waals surface area contributed by atoms with Crippen LogP contribution in [0.15, 0.2) is 144 Å². The number of fused-ring (bicyclic) bond motifs is 4. The van der Waals surface area contributed by atoms with E-state index in [0.717, 1.165) is 67.3 Å². The zero-order valence-electron chi connectivity index (χ0n) is 28.7. The molecule has 0 spiro atoms. The van der Waals surface area contributed by atoms with Crippen molar-refractivity contribution < 1.29 is 4.42 Å². The van der Waals surface area contributed by atoms with Crippen molar-refractivity contribution in [3.05, 3.63) is 151 Å². The fourth-order valence-electron chi connectivity index (χ4n) is 8.24. The van der Waals surface area contributed by atoms with Gasteiger partial charge in [-0.25, -0.2) is 15.0 Å². The standard InChI is InChI=1S/C46H37N3O/c1-45(2)28-46(3,4)38-27-32(23-25-37(38)45)42-47-43(49-44(48-42)35-19-13-21-40-41(35)34-18-11-12-20-39(34)50-40)33-24-22-31(29-14-7-5-8-15-29)26-36(33)30-16-9-6-10-17-30/h5-27H,28H2,1-4H3. The Morgan fingerprint density at radius 3 is 1.84 bits per heavy atom. The highest BCUT2D eigenvalue weighted by Crippen LogP contribution is 2.50. The van der Waals surface area contributed by atoms with Gasteiger partial charge in [-0.05, 0) is 81.0 Å². The molecule has 0 aliphatic heterocycles. The number of aromatic nitrogens is 3. The van der Waals surface area contributed by atoms with E-state index >= 15 is 0 Å². The third-order valence-electron chi connectivity index (χ3n) is 10.4. The molecule has 1 aliphatic rings. The lowest BCUT2D eigenvalue weighted by molar-refractivity contribution is 0.403. The Hall–Kier alpha value is -5.87. The summed E-state index contributed by atoms with van der Waals surface area (Å²) >= 11 is 0. The second-order valence-electron chi connectivity index (χ2n) is 14.8. The van der Waals surface area contributed by atoms with Crippen molar-refractivity contribution in [2.24, 2.45) is 0 Å². The molecule has 6 aromatic carbocycles. The van der Waals surface area contributed by atoms with Crippen LogP contribution in [0.25, 0.3) is 78.4 Å². The van der Waals surface area contributed by atoms with E-state index in [1.54, 1.807) is 0 Å². The molecule has 8 aromatic rings. The number of nitrogens with zero attached hydrogens (tertiary/aromatic N) is 3.